The molecule has 5 heteroatoms. The van der Waals surface area contributed by atoms with E-state index in [4.69, 9.17) is 11.6 Å². The molecular formula is C21H28ClIN2S. The van der Waals surface area contributed by atoms with Gasteiger partial charge in [0, 0.05) is 14.8 Å². The van der Waals surface area contributed by atoms with E-state index in [1.807, 2.05) is 17.8 Å². The van der Waals surface area contributed by atoms with E-state index in [2.05, 4.69) is 69.0 Å². The summed E-state index contributed by atoms with van der Waals surface area (Å²) in [6.45, 7) is 13.8. The Morgan fingerprint density at radius 1 is 0.962 bits per heavy atom. The largest absolute Gasteiger partial charge is 1.00 e. The Labute approximate surface area is 184 Å². The van der Waals surface area contributed by atoms with Gasteiger partial charge >= 0.3 is 0 Å². The van der Waals surface area contributed by atoms with Crippen molar-refractivity contribution in [1.29, 1.82) is 0 Å². The molecule has 0 spiro atoms. The molecule has 0 amide bonds. The summed E-state index contributed by atoms with van der Waals surface area (Å²) in [5.41, 5.74) is 2.54. The van der Waals surface area contributed by atoms with Crippen molar-refractivity contribution >= 4 is 34.7 Å². The number of nitrogens with zero attached hydrogens (tertiary/aromatic N) is 2. The Hall–Kier alpha value is -0.430. The SMILES string of the molecule is CC[N+](CC)(CC)C(C)CN1c2ccccc2Sc2ccc(Cl)cc21.[I-]. The van der Waals surface area contributed by atoms with Crippen molar-refractivity contribution in [2.24, 2.45) is 0 Å². The molecule has 1 atom stereocenters. The lowest BCUT2D eigenvalue weighted by Crippen LogP contribution is -3.00. The van der Waals surface area contributed by atoms with E-state index >= 15 is 0 Å². The summed E-state index contributed by atoms with van der Waals surface area (Å²) in [6, 6.07) is 15.5. The summed E-state index contributed by atoms with van der Waals surface area (Å²) in [4.78, 5) is 5.09. The van der Waals surface area contributed by atoms with Gasteiger partial charge in [0.05, 0.1) is 37.6 Å². The highest BCUT2D eigenvalue weighted by atomic mass is 127. The van der Waals surface area contributed by atoms with E-state index in [-0.39, 0.29) is 24.0 Å². The quantitative estimate of drug-likeness (QED) is 0.441. The molecule has 0 radical (unpaired) electrons. The van der Waals surface area contributed by atoms with Gasteiger partial charge in [-0.2, -0.15) is 0 Å². The third kappa shape index (κ3) is 4.03. The molecule has 2 nitrogen and oxygen atoms in total. The van der Waals surface area contributed by atoms with Gasteiger partial charge in [-0.1, -0.05) is 35.5 Å². The topological polar surface area (TPSA) is 3.24 Å². The van der Waals surface area contributed by atoms with Gasteiger partial charge in [-0.15, -0.1) is 0 Å². The number of hydrogen-bond acceptors (Lipinski definition) is 2. The van der Waals surface area contributed by atoms with Crippen molar-refractivity contribution in [1.82, 2.24) is 0 Å². The molecule has 1 aliphatic rings. The fraction of sp³-hybridized carbons (Fsp3) is 0.429. The highest BCUT2D eigenvalue weighted by Gasteiger charge is 2.33. The van der Waals surface area contributed by atoms with Crippen molar-refractivity contribution in [3.63, 3.8) is 0 Å². The molecule has 26 heavy (non-hydrogen) atoms. The zero-order valence-electron chi connectivity index (χ0n) is 16.0. The van der Waals surface area contributed by atoms with Crippen LogP contribution in [0.25, 0.3) is 0 Å². The van der Waals surface area contributed by atoms with Gasteiger partial charge in [0.2, 0.25) is 0 Å². The van der Waals surface area contributed by atoms with Crippen molar-refractivity contribution in [3.05, 3.63) is 47.5 Å². The Morgan fingerprint density at radius 2 is 1.58 bits per heavy atom. The van der Waals surface area contributed by atoms with E-state index < -0.39 is 0 Å². The van der Waals surface area contributed by atoms with Crippen LogP contribution in [0.15, 0.2) is 52.3 Å². The number of hydrogen-bond donors (Lipinski definition) is 0. The average molecular weight is 503 g/mol. The number of quaternary nitrogens is 1. The van der Waals surface area contributed by atoms with Crippen molar-refractivity contribution < 1.29 is 28.5 Å². The second kappa shape index (κ2) is 9.18. The third-order valence-electron chi connectivity index (χ3n) is 5.86. The third-order valence-corrected chi connectivity index (χ3v) is 7.22. The molecular weight excluding hydrogens is 475 g/mol. The Bertz CT molecular complexity index is 740. The smallest absolute Gasteiger partial charge is 0.104 e. The van der Waals surface area contributed by atoms with Crippen LogP contribution in [0.1, 0.15) is 27.7 Å². The average Bonchev–Trinajstić information content (AvgIpc) is 2.64. The zero-order valence-corrected chi connectivity index (χ0v) is 19.7. The molecule has 0 N–H and O–H groups in total. The number of para-hydroxylation sites is 1. The Kier molecular flexibility index (Phi) is 7.72. The van der Waals surface area contributed by atoms with Gasteiger partial charge in [-0.05, 0) is 58.0 Å². The molecule has 0 saturated heterocycles. The molecule has 2 aromatic carbocycles. The molecule has 3 rings (SSSR count). The van der Waals surface area contributed by atoms with Crippen LogP contribution in [-0.2, 0) is 0 Å². The summed E-state index contributed by atoms with van der Waals surface area (Å²) in [5.74, 6) is 0. The summed E-state index contributed by atoms with van der Waals surface area (Å²) in [6.07, 6.45) is 0. The van der Waals surface area contributed by atoms with Crippen LogP contribution in [0.4, 0.5) is 11.4 Å². The van der Waals surface area contributed by atoms with Gasteiger partial charge in [-0.3, -0.25) is 0 Å². The number of halogens is 2. The lowest BCUT2D eigenvalue weighted by atomic mass is 10.1. The number of anilines is 2. The minimum Gasteiger partial charge on any atom is -1.00 e. The predicted octanol–water partition coefficient (Wildman–Crippen LogP) is 3.21. The van der Waals surface area contributed by atoms with Crippen LogP contribution in [0.3, 0.4) is 0 Å². The first kappa shape index (κ1) is 21.9. The Balaban J connectivity index is 0.00000243. The zero-order chi connectivity index (χ0) is 18.0. The van der Waals surface area contributed by atoms with E-state index in [0.717, 1.165) is 16.1 Å². The van der Waals surface area contributed by atoms with Gasteiger partial charge in [-0.25, -0.2) is 0 Å². The van der Waals surface area contributed by atoms with Crippen LogP contribution in [0.2, 0.25) is 5.02 Å². The van der Waals surface area contributed by atoms with E-state index in [9.17, 15) is 0 Å². The molecule has 0 saturated carbocycles. The monoisotopic (exact) mass is 502 g/mol. The molecule has 0 aromatic heterocycles. The van der Waals surface area contributed by atoms with Crippen LogP contribution in [-0.4, -0.2) is 36.7 Å². The minimum absolute atomic E-state index is 0. The van der Waals surface area contributed by atoms with Gasteiger partial charge in [0.15, 0.2) is 0 Å². The first-order valence-corrected chi connectivity index (χ1v) is 10.4. The maximum atomic E-state index is 6.34. The summed E-state index contributed by atoms with van der Waals surface area (Å²) < 4.78 is 1.14. The second-order valence-electron chi connectivity index (χ2n) is 6.81. The van der Waals surface area contributed by atoms with Gasteiger partial charge in [0.25, 0.3) is 0 Å². The first-order valence-electron chi connectivity index (χ1n) is 9.24. The lowest BCUT2D eigenvalue weighted by Gasteiger charge is -2.44. The fourth-order valence-corrected chi connectivity index (χ4v) is 5.28. The summed E-state index contributed by atoms with van der Waals surface area (Å²) in [5, 5.41) is 0.804. The summed E-state index contributed by atoms with van der Waals surface area (Å²) >= 11 is 8.18. The fourth-order valence-electron chi connectivity index (χ4n) is 4.04. The maximum Gasteiger partial charge on any atom is 0.104 e. The van der Waals surface area contributed by atoms with Crippen LogP contribution >= 0.6 is 23.4 Å². The molecule has 142 valence electrons. The van der Waals surface area contributed by atoms with Gasteiger partial charge in [0.1, 0.15) is 6.04 Å². The number of fused-ring (bicyclic) bond motifs is 2. The molecule has 0 fully saturated rings. The van der Waals surface area contributed by atoms with E-state index in [1.165, 1.54) is 40.8 Å². The second-order valence-corrected chi connectivity index (χ2v) is 8.33. The van der Waals surface area contributed by atoms with Crippen LogP contribution in [0.5, 0.6) is 0 Å². The molecule has 0 aliphatic carbocycles. The normalized spacial score (nSPS) is 14.3. The number of likely N-dealkylation sites (N-methyl/N-ethyl adjacent to an activating group) is 1. The highest BCUT2D eigenvalue weighted by molar-refractivity contribution is 7.99. The minimum atomic E-state index is 0. The summed E-state index contributed by atoms with van der Waals surface area (Å²) in [7, 11) is 0. The van der Waals surface area contributed by atoms with Crippen molar-refractivity contribution in [3.8, 4) is 0 Å². The van der Waals surface area contributed by atoms with E-state index in [0.29, 0.717) is 6.04 Å². The van der Waals surface area contributed by atoms with E-state index in [1.54, 1.807) is 0 Å². The first-order chi connectivity index (χ1) is 12.0. The number of rotatable bonds is 6. The molecule has 1 aliphatic heterocycles. The van der Waals surface area contributed by atoms with Gasteiger partial charge < -0.3 is 33.4 Å². The maximum absolute atomic E-state index is 6.34. The molecule has 2 aromatic rings. The highest BCUT2D eigenvalue weighted by Crippen LogP contribution is 2.48. The molecule has 0 bridgehead atoms. The molecule has 1 heterocycles. The molecule has 1 unspecified atom stereocenters. The van der Waals surface area contributed by atoms with Crippen molar-refractivity contribution in [2.45, 2.75) is 43.5 Å². The van der Waals surface area contributed by atoms with Crippen LogP contribution in [0, 0.1) is 0 Å². The standard InChI is InChI=1S/C21H28ClN2S.HI/c1-5-24(6-2,7-3)16(4)15-23-18-10-8-9-11-20(18)25-21-13-12-17(22)14-19(21)23;/h8-14,16H,5-7,15H2,1-4H3;1H/q+1;/p-1. The Morgan fingerprint density at radius 3 is 2.23 bits per heavy atom. The lowest BCUT2D eigenvalue weighted by molar-refractivity contribution is -0.943. The van der Waals surface area contributed by atoms with Crippen LogP contribution < -0.4 is 28.9 Å². The van der Waals surface area contributed by atoms with Crippen molar-refractivity contribution in [2.75, 3.05) is 31.1 Å². The number of benzene rings is 2. The predicted molar refractivity (Wildman–Crippen MR) is 110 cm³/mol.